The molecule has 0 aromatic rings. The highest BCUT2D eigenvalue weighted by Crippen LogP contribution is 2.23. The minimum atomic E-state index is -0.433. The summed E-state index contributed by atoms with van der Waals surface area (Å²) in [5, 5.41) is 6.02. The van der Waals surface area contributed by atoms with Crippen LogP contribution in [0.4, 0.5) is 0 Å². The van der Waals surface area contributed by atoms with Crippen LogP contribution in [0.1, 0.15) is 46.5 Å². The molecule has 0 saturated heterocycles. The van der Waals surface area contributed by atoms with E-state index in [9.17, 15) is 9.59 Å². The van der Waals surface area contributed by atoms with Crippen molar-refractivity contribution < 1.29 is 14.3 Å². The molecule has 0 spiro atoms. The van der Waals surface area contributed by atoms with Gasteiger partial charge >= 0.3 is 5.97 Å². The third kappa shape index (κ3) is 5.49. The Hall–Kier alpha value is -1.10. The normalized spacial score (nSPS) is 24.2. The summed E-state index contributed by atoms with van der Waals surface area (Å²) < 4.78 is 4.73. The number of hydrogen-bond acceptors (Lipinski definition) is 4. The Labute approximate surface area is 121 Å². The summed E-state index contributed by atoms with van der Waals surface area (Å²) in [6.45, 7) is 6.26. The van der Waals surface area contributed by atoms with Crippen molar-refractivity contribution in [2.75, 3.05) is 13.7 Å². The van der Waals surface area contributed by atoms with E-state index in [-0.39, 0.29) is 30.4 Å². The fourth-order valence-electron chi connectivity index (χ4n) is 2.60. The number of amides is 1. The molecule has 1 saturated carbocycles. The first-order valence-electron chi connectivity index (χ1n) is 7.54. The maximum atomic E-state index is 11.9. The van der Waals surface area contributed by atoms with Gasteiger partial charge in [-0.1, -0.05) is 20.8 Å². The SMILES string of the molecule is COC(=O)C(NCC(=O)NC1CCC(C)CC1)C(C)C. The number of rotatable bonds is 6. The van der Waals surface area contributed by atoms with Crippen molar-refractivity contribution in [2.45, 2.75) is 58.5 Å². The molecule has 1 aliphatic rings. The summed E-state index contributed by atoms with van der Waals surface area (Å²) in [4.78, 5) is 23.5. The molecular formula is C15H28N2O3. The number of methoxy groups -OCH3 is 1. The maximum absolute atomic E-state index is 11.9. The summed E-state index contributed by atoms with van der Waals surface area (Å²) in [6.07, 6.45) is 4.46. The average molecular weight is 284 g/mol. The second kappa shape index (κ2) is 8.25. The molecule has 1 atom stereocenters. The molecule has 1 amide bonds. The summed E-state index contributed by atoms with van der Waals surface area (Å²) in [5.41, 5.74) is 0. The lowest BCUT2D eigenvalue weighted by molar-refractivity contribution is -0.144. The first-order chi connectivity index (χ1) is 9.43. The molecule has 5 heteroatoms. The number of hydrogen-bond donors (Lipinski definition) is 2. The quantitative estimate of drug-likeness (QED) is 0.725. The molecular weight excluding hydrogens is 256 g/mol. The van der Waals surface area contributed by atoms with Crippen LogP contribution >= 0.6 is 0 Å². The van der Waals surface area contributed by atoms with E-state index in [0.29, 0.717) is 0 Å². The predicted octanol–water partition coefficient (Wildman–Crippen LogP) is 1.47. The fraction of sp³-hybridized carbons (Fsp3) is 0.867. The minimum Gasteiger partial charge on any atom is -0.468 e. The van der Waals surface area contributed by atoms with Crippen molar-refractivity contribution in [3.05, 3.63) is 0 Å². The van der Waals surface area contributed by atoms with E-state index >= 15 is 0 Å². The number of ether oxygens (including phenoxy) is 1. The van der Waals surface area contributed by atoms with Crippen LogP contribution in [-0.2, 0) is 14.3 Å². The summed E-state index contributed by atoms with van der Waals surface area (Å²) in [7, 11) is 1.36. The van der Waals surface area contributed by atoms with E-state index < -0.39 is 6.04 Å². The van der Waals surface area contributed by atoms with Gasteiger partial charge in [-0.2, -0.15) is 0 Å². The second-order valence-electron chi connectivity index (χ2n) is 6.15. The van der Waals surface area contributed by atoms with Gasteiger partial charge in [0, 0.05) is 6.04 Å². The zero-order valence-corrected chi connectivity index (χ0v) is 13.1. The molecule has 1 unspecified atom stereocenters. The second-order valence-corrected chi connectivity index (χ2v) is 6.15. The van der Waals surface area contributed by atoms with Gasteiger partial charge in [0.15, 0.2) is 0 Å². The number of nitrogens with one attached hydrogen (secondary N) is 2. The molecule has 1 fully saturated rings. The Kier molecular flexibility index (Phi) is 6.99. The first kappa shape index (κ1) is 17.0. The van der Waals surface area contributed by atoms with E-state index in [1.165, 1.54) is 20.0 Å². The monoisotopic (exact) mass is 284 g/mol. The van der Waals surface area contributed by atoms with Crippen LogP contribution in [0, 0.1) is 11.8 Å². The smallest absolute Gasteiger partial charge is 0.323 e. The van der Waals surface area contributed by atoms with Gasteiger partial charge in [-0.3, -0.25) is 14.9 Å². The Morgan fingerprint density at radius 1 is 1.20 bits per heavy atom. The molecule has 5 nitrogen and oxygen atoms in total. The molecule has 0 aromatic heterocycles. The third-order valence-electron chi connectivity index (χ3n) is 3.99. The van der Waals surface area contributed by atoms with Crippen LogP contribution < -0.4 is 10.6 Å². The van der Waals surface area contributed by atoms with Crippen molar-refractivity contribution in [3.63, 3.8) is 0 Å². The number of carbonyl (C=O) groups excluding carboxylic acids is 2. The van der Waals surface area contributed by atoms with Crippen LogP contribution in [0.25, 0.3) is 0 Å². The molecule has 0 heterocycles. The molecule has 0 radical (unpaired) electrons. The van der Waals surface area contributed by atoms with Gasteiger partial charge in [0.05, 0.1) is 13.7 Å². The summed E-state index contributed by atoms with van der Waals surface area (Å²) in [5.74, 6) is 0.495. The standard InChI is InChI=1S/C15H28N2O3/c1-10(2)14(15(19)20-4)16-9-13(18)17-12-7-5-11(3)6-8-12/h10-12,14,16H,5-9H2,1-4H3,(H,17,18). The van der Waals surface area contributed by atoms with Gasteiger partial charge in [0.25, 0.3) is 0 Å². The van der Waals surface area contributed by atoms with Gasteiger partial charge in [0.1, 0.15) is 6.04 Å². The zero-order chi connectivity index (χ0) is 15.1. The molecule has 0 aliphatic heterocycles. The van der Waals surface area contributed by atoms with Crippen LogP contribution in [-0.4, -0.2) is 37.6 Å². The van der Waals surface area contributed by atoms with Crippen molar-refractivity contribution in [2.24, 2.45) is 11.8 Å². The van der Waals surface area contributed by atoms with Gasteiger partial charge in [-0.25, -0.2) is 0 Å². The van der Waals surface area contributed by atoms with Crippen molar-refractivity contribution >= 4 is 11.9 Å². The highest BCUT2D eigenvalue weighted by Gasteiger charge is 2.24. The van der Waals surface area contributed by atoms with Crippen LogP contribution in [0.2, 0.25) is 0 Å². The van der Waals surface area contributed by atoms with Gasteiger partial charge in [0.2, 0.25) is 5.91 Å². The van der Waals surface area contributed by atoms with Gasteiger partial charge in [-0.15, -0.1) is 0 Å². The van der Waals surface area contributed by atoms with E-state index in [2.05, 4.69) is 17.6 Å². The van der Waals surface area contributed by atoms with E-state index in [1.807, 2.05) is 13.8 Å². The lowest BCUT2D eigenvalue weighted by atomic mass is 9.87. The lowest BCUT2D eigenvalue weighted by Crippen LogP contribution is -2.48. The minimum absolute atomic E-state index is 0.0425. The predicted molar refractivity (Wildman–Crippen MR) is 78.2 cm³/mol. The average Bonchev–Trinajstić information content (AvgIpc) is 2.41. The van der Waals surface area contributed by atoms with E-state index in [4.69, 9.17) is 4.74 Å². The molecule has 1 aliphatic carbocycles. The number of carbonyl (C=O) groups is 2. The lowest BCUT2D eigenvalue weighted by Gasteiger charge is -2.27. The highest BCUT2D eigenvalue weighted by molar-refractivity contribution is 5.80. The molecule has 116 valence electrons. The van der Waals surface area contributed by atoms with Gasteiger partial charge in [-0.05, 0) is 37.5 Å². The molecule has 0 bridgehead atoms. The highest BCUT2D eigenvalue weighted by atomic mass is 16.5. The summed E-state index contributed by atoms with van der Waals surface area (Å²) >= 11 is 0. The largest absolute Gasteiger partial charge is 0.468 e. The number of esters is 1. The van der Waals surface area contributed by atoms with Crippen LogP contribution in [0.3, 0.4) is 0 Å². The Morgan fingerprint density at radius 2 is 1.80 bits per heavy atom. The Balaban J connectivity index is 2.32. The van der Waals surface area contributed by atoms with Crippen molar-refractivity contribution in [1.29, 1.82) is 0 Å². The van der Waals surface area contributed by atoms with Crippen LogP contribution in [0.15, 0.2) is 0 Å². The van der Waals surface area contributed by atoms with E-state index in [1.54, 1.807) is 0 Å². The molecule has 20 heavy (non-hydrogen) atoms. The molecule has 0 aromatic carbocycles. The van der Waals surface area contributed by atoms with Crippen molar-refractivity contribution in [3.8, 4) is 0 Å². The topological polar surface area (TPSA) is 67.4 Å². The summed E-state index contributed by atoms with van der Waals surface area (Å²) in [6, 6.07) is -0.145. The maximum Gasteiger partial charge on any atom is 0.323 e. The Bertz CT molecular complexity index is 323. The fourth-order valence-corrected chi connectivity index (χ4v) is 2.60. The third-order valence-corrected chi connectivity index (χ3v) is 3.99. The molecule has 2 N–H and O–H groups in total. The first-order valence-corrected chi connectivity index (χ1v) is 7.54. The van der Waals surface area contributed by atoms with Crippen LogP contribution in [0.5, 0.6) is 0 Å². The van der Waals surface area contributed by atoms with E-state index in [0.717, 1.165) is 18.8 Å². The molecule has 1 rings (SSSR count). The Morgan fingerprint density at radius 3 is 2.30 bits per heavy atom. The van der Waals surface area contributed by atoms with Gasteiger partial charge < -0.3 is 10.1 Å². The zero-order valence-electron chi connectivity index (χ0n) is 13.1. The van der Waals surface area contributed by atoms with Crippen molar-refractivity contribution in [1.82, 2.24) is 10.6 Å².